The minimum Gasteiger partial charge on any atom is -0.481 e. The van der Waals surface area contributed by atoms with Gasteiger partial charge < -0.3 is 15.3 Å². The smallest absolute Gasteiger partial charge is 0.322 e. The number of anilines is 1. The van der Waals surface area contributed by atoms with Crippen molar-refractivity contribution in [2.24, 2.45) is 5.92 Å². The maximum Gasteiger partial charge on any atom is 0.322 e. The molecule has 2 saturated heterocycles. The van der Waals surface area contributed by atoms with Crippen molar-refractivity contribution in [1.29, 1.82) is 0 Å². The summed E-state index contributed by atoms with van der Waals surface area (Å²) in [7, 11) is 0. The minimum absolute atomic E-state index is 0.0755. The number of carbonyl (C=O) groups is 2. The number of carboxylic acids is 1. The van der Waals surface area contributed by atoms with Gasteiger partial charge in [0, 0.05) is 17.8 Å². The number of amides is 2. The van der Waals surface area contributed by atoms with E-state index in [2.05, 4.69) is 5.32 Å². The Morgan fingerprint density at radius 1 is 1.25 bits per heavy atom. The van der Waals surface area contributed by atoms with Gasteiger partial charge in [-0.05, 0) is 38.3 Å². The van der Waals surface area contributed by atoms with E-state index in [1.165, 1.54) is 0 Å². The van der Waals surface area contributed by atoms with Gasteiger partial charge in [0.1, 0.15) is 0 Å². The summed E-state index contributed by atoms with van der Waals surface area (Å²) < 4.78 is 0. The molecule has 5 heteroatoms. The van der Waals surface area contributed by atoms with Crippen LogP contribution in [0, 0.1) is 12.8 Å². The number of aryl methyl sites for hydroxylation is 1. The highest BCUT2D eigenvalue weighted by Gasteiger charge is 2.51. The number of nitrogens with zero attached hydrogens (tertiary/aromatic N) is 1. The van der Waals surface area contributed by atoms with Gasteiger partial charge in [0.05, 0.1) is 5.92 Å². The maximum atomic E-state index is 12.4. The summed E-state index contributed by atoms with van der Waals surface area (Å²) in [5, 5.41) is 12.1. The maximum absolute atomic E-state index is 12.4. The number of rotatable bonds is 2. The third kappa shape index (κ3) is 2.13. The number of urea groups is 1. The van der Waals surface area contributed by atoms with Crippen LogP contribution in [0.4, 0.5) is 10.5 Å². The molecule has 5 nitrogen and oxygen atoms in total. The number of benzene rings is 1. The van der Waals surface area contributed by atoms with Crippen LogP contribution >= 0.6 is 0 Å². The fourth-order valence-corrected chi connectivity index (χ4v) is 3.40. The Kier molecular flexibility index (Phi) is 3.12. The Morgan fingerprint density at radius 2 is 1.95 bits per heavy atom. The zero-order chi connectivity index (χ0) is 14.3. The van der Waals surface area contributed by atoms with Gasteiger partial charge in [0.2, 0.25) is 0 Å². The molecule has 3 unspecified atom stereocenters. The Morgan fingerprint density at radius 3 is 2.55 bits per heavy atom. The van der Waals surface area contributed by atoms with Crippen molar-refractivity contribution < 1.29 is 14.7 Å². The van der Waals surface area contributed by atoms with Gasteiger partial charge in [0.15, 0.2) is 0 Å². The fourth-order valence-electron chi connectivity index (χ4n) is 3.40. The molecule has 0 radical (unpaired) electrons. The normalized spacial score (nSPS) is 27.6. The lowest BCUT2D eigenvalue weighted by Gasteiger charge is -2.23. The molecular formula is C15H18N2O3. The summed E-state index contributed by atoms with van der Waals surface area (Å²) in [5.41, 5.74) is 1.88. The van der Waals surface area contributed by atoms with E-state index in [0.717, 1.165) is 24.1 Å². The van der Waals surface area contributed by atoms with Crippen LogP contribution in [0.2, 0.25) is 0 Å². The molecule has 2 amide bonds. The molecule has 2 aliphatic rings. The Hall–Kier alpha value is -2.04. The molecule has 3 atom stereocenters. The molecule has 0 aromatic heterocycles. The molecule has 1 aromatic rings. The van der Waals surface area contributed by atoms with Crippen molar-refractivity contribution >= 4 is 17.7 Å². The molecule has 0 aliphatic carbocycles. The molecule has 2 aliphatic heterocycles. The van der Waals surface area contributed by atoms with Crippen molar-refractivity contribution in [3.63, 3.8) is 0 Å². The Labute approximate surface area is 117 Å². The average molecular weight is 274 g/mol. The number of fused-ring (bicyclic) bond motifs is 2. The predicted octanol–water partition coefficient (Wildman–Crippen LogP) is 2.46. The average Bonchev–Trinajstić information content (AvgIpc) is 2.99. The van der Waals surface area contributed by atoms with Crippen LogP contribution in [0.3, 0.4) is 0 Å². The third-order valence-electron chi connectivity index (χ3n) is 4.39. The van der Waals surface area contributed by atoms with E-state index in [1.807, 2.05) is 31.2 Å². The number of nitrogens with one attached hydrogen (secondary N) is 1. The minimum atomic E-state index is -0.787. The monoisotopic (exact) mass is 274 g/mol. The third-order valence-corrected chi connectivity index (χ3v) is 4.39. The molecule has 0 saturated carbocycles. The molecule has 2 heterocycles. The second-order valence-corrected chi connectivity index (χ2v) is 5.68. The van der Waals surface area contributed by atoms with Crippen molar-refractivity contribution in [3.05, 3.63) is 29.8 Å². The summed E-state index contributed by atoms with van der Waals surface area (Å²) >= 11 is 0. The van der Waals surface area contributed by atoms with Gasteiger partial charge in [-0.25, -0.2) is 4.79 Å². The topological polar surface area (TPSA) is 69.6 Å². The zero-order valence-electron chi connectivity index (χ0n) is 11.4. The molecule has 106 valence electrons. The molecular weight excluding hydrogens is 256 g/mol. The van der Waals surface area contributed by atoms with Gasteiger partial charge >= 0.3 is 12.0 Å². The summed E-state index contributed by atoms with van der Waals surface area (Å²) in [6.45, 7) is 1.99. The van der Waals surface area contributed by atoms with E-state index in [-0.39, 0.29) is 18.1 Å². The number of hydrogen-bond acceptors (Lipinski definition) is 2. The molecule has 2 bridgehead atoms. The van der Waals surface area contributed by atoms with Crippen LogP contribution in [0.25, 0.3) is 0 Å². The van der Waals surface area contributed by atoms with Crippen molar-refractivity contribution in [1.82, 2.24) is 4.90 Å². The van der Waals surface area contributed by atoms with Gasteiger partial charge in [0.25, 0.3) is 0 Å². The highest BCUT2D eigenvalue weighted by molar-refractivity contribution is 5.91. The number of carbonyl (C=O) groups excluding carboxylic acids is 1. The van der Waals surface area contributed by atoms with E-state index in [1.54, 1.807) is 4.90 Å². The van der Waals surface area contributed by atoms with Gasteiger partial charge in [-0.1, -0.05) is 17.7 Å². The first-order valence-electron chi connectivity index (χ1n) is 6.95. The quantitative estimate of drug-likeness (QED) is 0.870. The van der Waals surface area contributed by atoms with Crippen LogP contribution < -0.4 is 5.32 Å². The van der Waals surface area contributed by atoms with Crippen LogP contribution in [0.5, 0.6) is 0 Å². The molecule has 1 aromatic carbocycles. The number of hydrogen-bond donors (Lipinski definition) is 2. The van der Waals surface area contributed by atoms with Crippen molar-refractivity contribution in [3.8, 4) is 0 Å². The second-order valence-electron chi connectivity index (χ2n) is 5.68. The Bertz CT molecular complexity index is 541. The van der Waals surface area contributed by atoms with E-state index in [0.29, 0.717) is 6.42 Å². The summed E-state index contributed by atoms with van der Waals surface area (Å²) in [5.74, 6) is -1.19. The van der Waals surface area contributed by atoms with Gasteiger partial charge in [-0.2, -0.15) is 0 Å². The van der Waals surface area contributed by atoms with E-state index in [4.69, 9.17) is 0 Å². The first kappa shape index (κ1) is 13.0. The lowest BCUT2D eigenvalue weighted by Crippen LogP contribution is -2.40. The molecule has 0 spiro atoms. The Balaban J connectivity index is 1.72. The first-order valence-corrected chi connectivity index (χ1v) is 6.95. The predicted molar refractivity (Wildman–Crippen MR) is 74.6 cm³/mol. The highest BCUT2D eigenvalue weighted by atomic mass is 16.4. The molecule has 3 rings (SSSR count). The van der Waals surface area contributed by atoms with Crippen LogP contribution in [-0.2, 0) is 4.79 Å². The van der Waals surface area contributed by atoms with E-state index < -0.39 is 11.9 Å². The molecule has 2 fully saturated rings. The van der Waals surface area contributed by atoms with E-state index >= 15 is 0 Å². The fraction of sp³-hybridized carbons (Fsp3) is 0.467. The van der Waals surface area contributed by atoms with Gasteiger partial charge in [-0.15, -0.1) is 0 Å². The van der Waals surface area contributed by atoms with Crippen molar-refractivity contribution in [2.75, 3.05) is 5.32 Å². The number of carboxylic acid groups (broad SMARTS) is 1. The lowest BCUT2D eigenvalue weighted by atomic mass is 9.89. The highest BCUT2D eigenvalue weighted by Crippen LogP contribution is 2.42. The second kappa shape index (κ2) is 4.81. The summed E-state index contributed by atoms with van der Waals surface area (Å²) in [6.07, 6.45) is 2.29. The SMILES string of the molecule is Cc1ccc(NC(=O)N2C3CCC2C(C(=O)O)C3)cc1. The summed E-state index contributed by atoms with van der Waals surface area (Å²) in [4.78, 5) is 25.3. The van der Waals surface area contributed by atoms with Crippen LogP contribution in [0.1, 0.15) is 24.8 Å². The molecule has 2 N–H and O–H groups in total. The number of aliphatic carboxylic acids is 1. The summed E-state index contributed by atoms with van der Waals surface area (Å²) in [6, 6.07) is 7.35. The standard InChI is InChI=1S/C15H18N2O3/c1-9-2-4-10(5-3-9)16-15(20)17-11-6-7-13(17)12(8-11)14(18)19/h2-5,11-13H,6-8H2,1H3,(H,16,20)(H,18,19). The first-order chi connectivity index (χ1) is 9.56. The van der Waals surface area contributed by atoms with Crippen LogP contribution in [-0.4, -0.2) is 34.1 Å². The van der Waals surface area contributed by atoms with Crippen LogP contribution in [0.15, 0.2) is 24.3 Å². The largest absolute Gasteiger partial charge is 0.481 e. The zero-order valence-corrected chi connectivity index (χ0v) is 11.4. The lowest BCUT2D eigenvalue weighted by molar-refractivity contribution is -0.142. The molecule has 20 heavy (non-hydrogen) atoms. The van der Waals surface area contributed by atoms with Crippen molar-refractivity contribution in [2.45, 2.75) is 38.3 Å². The van der Waals surface area contributed by atoms with E-state index in [9.17, 15) is 14.7 Å². The van der Waals surface area contributed by atoms with Gasteiger partial charge in [-0.3, -0.25) is 4.79 Å².